The predicted octanol–water partition coefficient (Wildman–Crippen LogP) is 1.02. The number of esters is 1. The van der Waals surface area contributed by atoms with Gasteiger partial charge in [-0.3, -0.25) is 9.79 Å². The van der Waals surface area contributed by atoms with Crippen LogP contribution in [-0.4, -0.2) is 30.7 Å². The van der Waals surface area contributed by atoms with E-state index in [-0.39, 0.29) is 12.2 Å². The number of hydrogen-bond acceptors (Lipinski definition) is 5. The van der Waals surface area contributed by atoms with E-state index in [1.165, 1.54) is 23.5 Å². The lowest BCUT2D eigenvalue weighted by Crippen LogP contribution is -2.08. The minimum absolute atomic E-state index is 0.0767. The first-order valence-corrected chi connectivity index (χ1v) is 4.92. The zero-order valence-electron chi connectivity index (χ0n) is 7.52. The number of thioether (sulfide) groups is 1. The summed E-state index contributed by atoms with van der Waals surface area (Å²) >= 11 is 1.37. The van der Waals surface area contributed by atoms with E-state index in [0.717, 1.165) is 0 Å². The first kappa shape index (κ1) is 11.9. The maximum Gasteiger partial charge on any atom is 0.343 e. The van der Waals surface area contributed by atoms with Gasteiger partial charge in [0.1, 0.15) is 5.57 Å². The highest BCUT2D eigenvalue weighted by Crippen LogP contribution is 1.95. The summed E-state index contributed by atoms with van der Waals surface area (Å²) in [7, 11) is 0. The average Bonchev–Trinajstić information content (AvgIpc) is 2.13. The highest BCUT2D eigenvalue weighted by Gasteiger charge is 2.07. The fraction of sp³-hybridized carbons (Fsp3) is 0.375. The molecule has 0 aliphatic rings. The van der Waals surface area contributed by atoms with Gasteiger partial charge in [0.05, 0.1) is 12.2 Å². The van der Waals surface area contributed by atoms with Gasteiger partial charge in [-0.1, -0.05) is 0 Å². The molecule has 72 valence electrons. The van der Waals surface area contributed by atoms with Gasteiger partial charge in [0.2, 0.25) is 0 Å². The Labute approximate surface area is 81.1 Å². The zero-order valence-corrected chi connectivity index (χ0v) is 8.34. The van der Waals surface area contributed by atoms with E-state index in [4.69, 9.17) is 0 Å². The van der Waals surface area contributed by atoms with E-state index in [2.05, 4.69) is 9.73 Å². The molecule has 0 heterocycles. The summed E-state index contributed by atoms with van der Waals surface area (Å²) in [6.45, 7) is 1.92. The number of carbonyl (C=O) groups is 2. The van der Waals surface area contributed by atoms with Gasteiger partial charge in [-0.25, -0.2) is 4.79 Å². The van der Waals surface area contributed by atoms with Crippen LogP contribution in [0.3, 0.4) is 0 Å². The highest BCUT2D eigenvalue weighted by molar-refractivity contribution is 8.11. The third kappa shape index (κ3) is 5.19. The van der Waals surface area contributed by atoms with Crippen LogP contribution < -0.4 is 0 Å². The molecule has 0 N–H and O–H groups in total. The Morgan fingerprint density at radius 2 is 2.31 bits per heavy atom. The molecule has 0 saturated heterocycles. The average molecular weight is 201 g/mol. The fourth-order valence-electron chi connectivity index (χ4n) is 0.517. The lowest BCUT2D eigenvalue weighted by Gasteiger charge is -1.97. The summed E-state index contributed by atoms with van der Waals surface area (Å²) < 4.78 is 4.61. The van der Waals surface area contributed by atoms with Crippen LogP contribution in [-0.2, 0) is 14.3 Å². The van der Waals surface area contributed by atoms with Crippen LogP contribution >= 0.6 is 11.8 Å². The minimum Gasteiger partial charge on any atom is -0.462 e. The Morgan fingerprint density at radius 3 is 2.77 bits per heavy atom. The number of aliphatic imine (C=N–C) groups is 1. The Morgan fingerprint density at radius 1 is 1.62 bits per heavy atom. The molecule has 0 fully saturated rings. The van der Waals surface area contributed by atoms with Crippen molar-refractivity contribution in [2.24, 2.45) is 4.99 Å². The summed E-state index contributed by atoms with van der Waals surface area (Å²) in [5.41, 5.74) is 1.44. The third-order valence-electron chi connectivity index (χ3n) is 1.02. The van der Waals surface area contributed by atoms with E-state index in [0.29, 0.717) is 6.29 Å². The van der Waals surface area contributed by atoms with Gasteiger partial charge in [0.15, 0.2) is 6.29 Å². The largest absolute Gasteiger partial charge is 0.462 e. The van der Waals surface area contributed by atoms with E-state index >= 15 is 0 Å². The molecule has 5 heteroatoms. The summed E-state index contributed by atoms with van der Waals surface area (Å²) in [5, 5.41) is 0. The molecule has 0 amide bonds. The van der Waals surface area contributed by atoms with Crippen LogP contribution in [0.5, 0.6) is 0 Å². The molecule has 0 unspecified atom stereocenters. The molecule has 13 heavy (non-hydrogen) atoms. The molecule has 0 aromatic carbocycles. The van der Waals surface area contributed by atoms with Gasteiger partial charge < -0.3 is 4.74 Å². The molecular weight excluding hydrogens is 190 g/mol. The Hall–Kier alpha value is -1.10. The molecule has 0 aromatic rings. The molecule has 0 spiro atoms. The summed E-state index contributed by atoms with van der Waals surface area (Å²) in [4.78, 5) is 25.0. The number of hydrogen-bond donors (Lipinski definition) is 0. The standard InChI is InChI=1S/C8H11NO3S/c1-3-12-8(11)7(5-10)4-9-6-13-2/h4-6H,3H2,1-2H3/b7-4+,9-6+. The van der Waals surface area contributed by atoms with Crippen molar-refractivity contribution in [1.29, 1.82) is 0 Å². The number of carbonyl (C=O) groups excluding carboxylic acids is 2. The van der Waals surface area contributed by atoms with Gasteiger partial charge in [0.25, 0.3) is 0 Å². The van der Waals surface area contributed by atoms with E-state index in [1.807, 2.05) is 6.26 Å². The third-order valence-corrected chi connectivity index (χ3v) is 1.35. The summed E-state index contributed by atoms with van der Waals surface area (Å²) in [6, 6.07) is 0. The predicted molar refractivity (Wildman–Crippen MR) is 52.8 cm³/mol. The van der Waals surface area contributed by atoms with Crippen molar-refractivity contribution < 1.29 is 14.3 Å². The van der Waals surface area contributed by atoms with E-state index < -0.39 is 5.97 Å². The van der Waals surface area contributed by atoms with E-state index in [1.54, 1.807) is 6.92 Å². The number of ether oxygens (including phenoxy) is 1. The quantitative estimate of drug-likeness (QED) is 0.127. The molecule has 0 rings (SSSR count). The second-order valence-corrected chi connectivity index (χ2v) is 2.60. The van der Waals surface area contributed by atoms with Crippen LogP contribution in [0.2, 0.25) is 0 Å². The molecule has 0 aromatic heterocycles. The van der Waals surface area contributed by atoms with Crippen LogP contribution in [0.1, 0.15) is 6.92 Å². The van der Waals surface area contributed by atoms with Crippen molar-refractivity contribution in [1.82, 2.24) is 0 Å². The molecular formula is C8H11NO3S. The van der Waals surface area contributed by atoms with Gasteiger partial charge in [-0.15, -0.1) is 11.8 Å². The minimum atomic E-state index is -0.643. The maximum absolute atomic E-state index is 11.0. The number of aldehydes is 1. The van der Waals surface area contributed by atoms with Crippen molar-refractivity contribution in [3.05, 3.63) is 11.8 Å². The zero-order chi connectivity index (χ0) is 10.1. The lowest BCUT2D eigenvalue weighted by molar-refractivity contribution is -0.139. The Kier molecular flexibility index (Phi) is 6.91. The van der Waals surface area contributed by atoms with Gasteiger partial charge in [-0.05, 0) is 13.2 Å². The monoisotopic (exact) mass is 201 g/mol. The van der Waals surface area contributed by atoms with Crippen molar-refractivity contribution in [2.75, 3.05) is 12.9 Å². The van der Waals surface area contributed by atoms with Crippen LogP contribution in [0.25, 0.3) is 0 Å². The van der Waals surface area contributed by atoms with Crippen molar-refractivity contribution >= 4 is 29.6 Å². The van der Waals surface area contributed by atoms with Crippen molar-refractivity contribution in [3.8, 4) is 0 Å². The molecule has 4 nitrogen and oxygen atoms in total. The molecule has 0 aliphatic carbocycles. The second-order valence-electron chi connectivity index (χ2n) is 1.91. The normalized spacial score (nSPS) is 11.7. The van der Waals surface area contributed by atoms with Crippen molar-refractivity contribution in [3.63, 3.8) is 0 Å². The molecule has 0 radical (unpaired) electrons. The van der Waals surface area contributed by atoms with Crippen LogP contribution in [0.15, 0.2) is 16.8 Å². The van der Waals surface area contributed by atoms with Gasteiger partial charge in [0, 0.05) is 6.20 Å². The molecule has 0 aliphatic heterocycles. The topological polar surface area (TPSA) is 55.7 Å². The lowest BCUT2D eigenvalue weighted by atomic mass is 10.3. The second kappa shape index (κ2) is 7.54. The SMILES string of the molecule is CCOC(=O)/C(C=O)=C/N=C/SC. The van der Waals surface area contributed by atoms with Crippen LogP contribution in [0, 0.1) is 0 Å². The van der Waals surface area contributed by atoms with Gasteiger partial charge >= 0.3 is 5.97 Å². The first-order valence-electron chi connectivity index (χ1n) is 3.63. The molecule has 0 bridgehead atoms. The smallest absolute Gasteiger partial charge is 0.343 e. The molecule has 0 atom stereocenters. The highest BCUT2D eigenvalue weighted by atomic mass is 32.2. The van der Waals surface area contributed by atoms with Crippen molar-refractivity contribution in [2.45, 2.75) is 6.92 Å². The molecule has 0 saturated carbocycles. The fourth-order valence-corrected chi connectivity index (χ4v) is 0.700. The van der Waals surface area contributed by atoms with Gasteiger partial charge in [-0.2, -0.15) is 0 Å². The summed E-state index contributed by atoms with van der Waals surface area (Å²) in [6.07, 6.45) is 3.43. The summed E-state index contributed by atoms with van der Waals surface area (Å²) in [5.74, 6) is -0.643. The first-order chi connectivity index (χ1) is 6.26. The Bertz CT molecular complexity index is 236. The Balaban J connectivity index is 4.31. The van der Waals surface area contributed by atoms with E-state index in [9.17, 15) is 9.59 Å². The number of nitrogens with zero attached hydrogens (tertiary/aromatic N) is 1. The van der Waals surface area contributed by atoms with Crippen LogP contribution in [0.4, 0.5) is 0 Å². The number of rotatable bonds is 5. The maximum atomic E-state index is 11.0.